The lowest BCUT2D eigenvalue weighted by atomic mass is 10.1. The zero-order chi connectivity index (χ0) is 19.5. The fourth-order valence-electron chi connectivity index (χ4n) is 3.05. The Morgan fingerprint density at radius 3 is 2.50 bits per heavy atom. The van der Waals surface area contributed by atoms with Gasteiger partial charge in [-0.1, -0.05) is 48.0 Å². The number of anilines is 2. The highest BCUT2D eigenvalue weighted by atomic mass is 35.5. The van der Waals surface area contributed by atoms with Gasteiger partial charge in [0.2, 0.25) is 0 Å². The molecule has 2 heterocycles. The highest BCUT2D eigenvalue weighted by Crippen LogP contribution is 2.23. The second-order valence-electron chi connectivity index (χ2n) is 6.59. The van der Waals surface area contributed by atoms with Crippen LogP contribution in [-0.2, 0) is 6.42 Å². The van der Waals surface area contributed by atoms with Crippen molar-refractivity contribution in [2.45, 2.75) is 13.3 Å². The summed E-state index contributed by atoms with van der Waals surface area (Å²) in [4.78, 5) is 17.3. The van der Waals surface area contributed by atoms with E-state index >= 15 is 0 Å². The lowest BCUT2D eigenvalue weighted by Crippen LogP contribution is -2.21. The van der Waals surface area contributed by atoms with E-state index in [-0.39, 0.29) is 6.03 Å². The van der Waals surface area contributed by atoms with Gasteiger partial charge in [-0.15, -0.1) is 0 Å². The molecular formula is C22H19ClN4O. The first kappa shape index (κ1) is 18.1. The minimum atomic E-state index is -0.333. The van der Waals surface area contributed by atoms with Crippen molar-refractivity contribution < 1.29 is 4.79 Å². The molecule has 4 aromatic rings. The molecule has 140 valence electrons. The summed E-state index contributed by atoms with van der Waals surface area (Å²) < 4.78 is 1.91. The maximum absolute atomic E-state index is 12.6. The third-order valence-corrected chi connectivity index (χ3v) is 4.64. The van der Waals surface area contributed by atoms with Gasteiger partial charge in [-0.05, 0) is 48.4 Å². The van der Waals surface area contributed by atoms with Gasteiger partial charge >= 0.3 is 6.03 Å². The molecule has 28 heavy (non-hydrogen) atoms. The van der Waals surface area contributed by atoms with Gasteiger partial charge in [0.15, 0.2) is 0 Å². The summed E-state index contributed by atoms with van der Waals surface area (Å²) in [6.45, 7) is 2.01. The molecule has 0 spiro atoms. The third-order valence-electron chi connectivity index (χ3n) is 4.39. The molecule has 0 unspecified atom stereocenters. The molecule has 0 bridgehead atoms. The number of carbonyl (C=O) groups is 1. The Labute approximate surface area is 168 Å². The summed E-state index contributed by atoms with van der Waals surface area (Å²) in [7, 11) is 0. The molecule has 0 radical (unpaired) electrons. The van der Waals surface area contributed by atoms with Crippen molar-refractivity contribution >= 4 is 34.8 Å². The zero-order valence-corrected chi connectivity index (χ0v) is 16.1. The van der Waals surface area contributed by atoms with E-state index < -0.39 is 0 Å². The van der Waals surface area contributed by atoms with Crippen LogP contribution < -0.4 is 10.6 Å². The number of benzene rings is 2. The van der Waals surface area contributed by atoms with Crippen LogP contribution in [-0.4, -0.2) is 15.4 Å². The van der Waals surface area contributed by atoms with E-state index in [9.17, 15) is 4.79 Å². The van der Waals surface area contributed by atoms with E-state index in [1.54, 1.807) is 24.3 Å². The number of amides is 2. The van der Waals surface area contributed by atoms with Gasteiger partial charge in [-0.3, -0.25) is 9.72 Å². The minimum absolute atomic E-state index is 0.333. The van der Waals surface area contributed by atoms with Crippen molar-refractivity contribution in [1.82, 2.24) is 9.38 Å². The van der Waals surface area contributed by atoms with Gasteiger partial charge in [0.25, 0.3) is 0 Å². The topological polar surface area (TPSA) is 58.4 Å². The molecule has 0 fully saturated rings. The number of urea groups is 1. The smallest absolute Gasteiger partial charge is 0.308 e. The first-order valence-corrected chi connectivity index (χ1v) is 9.31. The van der Waals surface area contributed by atoms with Gasteiger partial charge in [0, 0.05) is 23.3 Å². The number of pyridine rings is 1. The summed E-state index contributed by atoms with van der Waals surface area (Å²) in [6, 6.07) is 20.7. The average Bonchev–Trinajstić information content (AvgIpc) is 3.01. The second kappa shape index (κ2) is 7.74. The number of nitrogens with zero attached hydrogens (tertiary/aromatic N) is 2. The Hall–Kier alpha value is -3.31. The fraction of sp³-hybridized carbons (Fsp3) is 0.0909. The second-order valence-corrected chi connectivity index (χ2v) is 7.03. The number of halogens is 1. The lowest BCUT2D eigenvalue weighted by molar-refractivity contribution is 0.262. The van der Waals surface area contributed by atoms with E-state index in [2.05, 4.69) is 10.6 Å². The Kier molecular flexibility index (Phi) is 5.00. The SMILES string of the molecule is Cc1ccc2nc(Cc3ccccc3)c(NC(=O)Nc3ccc(Cl)cc3)n2c1. The average molecular weight is 391 g/mol. The molecule has 2 N–H and O–H groups in total. The number of carbonyl (C=O) groups excluding carboxylic acids is 1. The maximum atomic E-state index is 12.6. The number of hydrogen-bond acceptors (Lipinski definition) is 2. The van der Waals surface area contributed by atoms with Gasteiger partial charge in [-0.25, -0.2) is 9.78 Å². The van der Waals surface area contributed by atoms with Crippen molar-refractivity contribution in [2.75, 3.05) is 10.6 Å². The van der Waals surface area contributed by atoms with Crippen molar-refractivity contribution in [3.05, 3.63) is 94.8 Å². The molecule has 0 saturated heterocycles. The number of aromatic nitrogens is 2. The van der Waals surface area contributed by atoms with Crippen LogP contribution in [0.3, 0.4) is 0 Å². The highest BCUT2D eigenvalue weighted by Gasteiger charge is 2.15. The standard InChI is InChI=1S/C22H19ClN4O/c1-15-7-12-20-25-19(13-16-5-3-2-4-6-16)21(27(20)14-15)26-22(28)24-18-10-8-17(23)9-11-18/h2-12,14H,13H2,1H3,(H2,24,26,28). The Morgan fingerprint density at radius 1 is 1.00 bits per heavy atom. The number of rotatable bonds is 4. The van der Waals surface area contributed by atoms with Crippen LogP contribution >= 0.6 is 11.6 Å². The van der Waals surface area contributed by atoms with E-state index in [0.717, 1.165) is 22.5 Å². The summed E-state index contributed by atoms with van der Waals surface area (Å²) in [6.07, 6.45) is 2.59. The minimum Gasteiger partial charge on any atom is -0.308 e. The Morgan fingerprint density at radius 2 is 1.75 bits per heavy atom. The van der Waals surface area contributed by atoms with Crippen LogP contribution in [0.1, 0.15) is 16.8 Å². The Bertz CT molecular complexity index is 1120. The molecule has 2 amide bonds. The molecule has 2 aromatic heterocycles. The van der Waals surface area contributed by atoms with Gasteiger partial charge in [0.05, 0.1) is 5.69 Å². The Balaban J connectivity index is 1.65. The molecule has 4 rings (SSSR count). The van der Waals surface area contributed by atoms with Crippen LogP contribution in [0, 0.1) is 6.92 Å². The number of aryl methyl sites for hydroxylation is 1. The predicted octanol–water partition coefficient (Wildman–Crippen LogP) is 5.53. The molecule has 6 heteroatoms. The van der Waals surface area contributed by atoms with Crippen LogP contribution in [0.4, 0.5) is 16.3 Å². The van der Waals surface area contributed by atoms with Gasteiger partial charge in [0.1, 0.15) is 11.5 Å². The first-order valence-electron chi connectivity index (χ1n) is 8.93. The van der Waals surface area contributed by atoms with Gasteiger partial charge < -0.3 is 5.32 Å². The summed E-state index contributed by atoms with van der Waals surface area (Å²) in [5.74, 6) is 0.661. The third kappa shape index (κ3) is 4.00. The maximum Gasteiger partial charge on any atom is 0.324 e. The number of imidazole rings is 1. The van der Waals surface area contributed by atoms with Crippen LogP contribution in [0.5, 0.6) is 0 Å². The van der Waals surface area contributed by atoms with Crippen molar-refractivity contribution in [1.29, 1.82) is 0 Å². The van der Waals surface area contributed by atoms with Crippen LogP contribution in [0.25, 0.3) is 5.65 Å². The van der Waals surface area contributed by atoms with Gasteiger partial charge in [-0.2, -0.15) is 0 Å². The number of hydrogen-bond donors (Lipinski definition) is 2. The largest absolute Gasteiger partial charge is 0.324 e. The summed E-state index contributed by atoms with van der Waals surface area (Å²) in [5, 5.41) is 6.41. The monoisotopic (exact) mass is 390 g/mol. The van der Waals surface area contributed by atoms with Crippen molar-refractivity contribution in [3.63, 3.8) is 0 Å². The zero-order valence-electron chi connectivity index (χ0n) is 15.3. The quantitative estimate of drug-likeness (QED) is 0.481. The van der Waals surface area contributed by atoms with E-state index in [1.165, 1.54) is 0 Å². The van der Waals surface area contributed by atoms with Crippen molar-refractivity contribution in [2.24, 2.45) is 0 Å². The predicted molar refractivity (Wildman–Crippen MR) is 113 cm³/mol. The first-order chi connectivity index (χ1) is 13.6. The molecule has 5 nitrogen and oxygen atoms in total. The molecule has 0 atom stereocenters. The van der Waals surface area contributed by atoms with E-state index in [1.807, 2.05) is 60.0 Å². The summed E-state index contributed by atoms with van der Waals surface area (Å²) in [5.41, 5.74) is 4.47. The molecule has 0 saturated carbocycles. The molecule has 0 aliphatic rings. The normalized spacial score (nSPS) is 10.8. The van der Waals surface area contributed by atoms with Crippen molar-refractivity contribution in [3.8, 4) is 0 Å². The van der Waals surface area contributed by atoms with Crippen LogP contribution in [0.2, 0.25) is 5.02 Å². The molecule has 0 aliphatic carbocycles. The highest BCUT2D eigenvalue weighted by molar-refractivity contribution is 6.30. The molecular weight excluding hydrogens is 372 g/mol. The molecule has 2 aromatic carbocycles. The fourth-order valence-corrected chi connectivity index (χ4v) is 3.17. The summed E-state index contributed by atoms with van der Waals surface area (Å²) >= 11 is 5.90. The number of fused-ring (bicyclic) bond motifs is 1. The van der Waals surface area contributed by atoms with E-state index in [4.69, 9.17) is 16.6 Å². The molecule has 0 aliphatic heterocycles. The lowest BCUT2D eigenvalue weighted by Gasteiger charge is -2.10. The number of nitrogens with one attached hydrogen (secondary N) is 2. The van der Waals surface area contributed by atoms with E-state index in [0.29, 0.717) is 22.9 Å². The van der Waals surface area contributed by atoms with Crippen LogP contribution in [0.15, 0.2) is 72.9 Å².